The molecular weight excluding hydrogens is 286 g/mol. The van der Waals surface area contributed by atoms with Crippen LogP contribution < -0.4 is 10.0 Å². The Morgan fingerprint density at radius 1 is 1.50 bits per heavy atom. The molecule has 2 heterocycles. The number of aromatic nitrogens is 5. The third-order valence-electron chi connectivity index (χ3n) is 2.24. The molecule has 0 aliphatic carbocycles. The maximum Gasteiger partial charge on any atom is 0.246 e. The van der Waals surface area contributed by atoms with Gasteiger partial charge in [0.2, 0.25) is 15.9 Å². The second-order valence-corrected chi connectivity index (χ2v) is 5.88. The molecule has 2 rings (SSSR count). The molecule has 0 aliphatic heterocycles. The first-order chi connectivity index (χ1) is 9.33. The Hall–Kier alpha value is -2.43. The predicted octanol–water partition coefficient (Wildman–Crippen LogP) is -0.680. The fraction of sp³-hybridized carbons (Fsp3) is 0.333. The van der Waals surface area contributed by atoms with E-state index in [0.29, 0.717) is 5.69 Å². The van der Waals surface area contributed by atoms with Gasteiger partial charge in [0, 0.05) is 0 Å². The van der Waals surface area contributed by atoms with Crippen molar-refractivity contribution in [3.8, 4) is 0 Å². The van der Waals surface area contributed by atoms with Crippen LogP contribution >= 0.6 is 0 Å². The molecule has 0 radical (unpaired) electrons. The number of nitrogens with one attached hydrogen (secondary N) is 3. The van der Waals surface area contributed by atoms with Crippen molar-refractivity contribution >= 4 is 27.4 Å². The van der Waals surface area contributed by atoms with Gasteiger partial charge < -0.3 is 5.32 Å². The van der Waals surface area contributed by atoms with Gasteiger partial charge >= 0.3 is 0 Å². The van der Waals surface area contributed by atoms with Crippen LogP contribution in [0.4, 0.5) is 11.5 Å². The number of amides is 1. The topological polar surface area (TPSA) is 135 Å². The largest absolute Gasteiger partial charge is 0.322 e. The van der Waals surface area contributed by atoms with Gasteiger partial charge in [0.05, 0.1) is 30.0 Å². The summed E-state index contributed by atoms with van der Waals surface area (Å²) in [6.07, 6.45) is 3.81. The second kappa shape index (κ2) is 5.28. The van der Waals surface area contributed by atoms with Crippen LogP contribution in [0.25, 0.3) is 0 Å². The monoisotopic (exact) mass is 299 g/mol. The average molecular weight is 299 g/mol. The first-order valence-electron chi connectivity index (χ1n) is 5.51. The minimum atomic E-state index is -3.42. The van der Waals surface area contributed by atoms with Crippen molar-refractivity contribution in [1.29, 1.82) is 0 Å². The smallest absolute Gasteiger partial charge is 0.246 e. The lowest BCUT2D eigenvalue weighted by molar-refractivity contribution is -0.116. The zero-order chi connectivity index (χ0) is 14.8. The van der Waals surface area contributed by atoms with Crippen LogP contribution in [-0.2, 0) is 21.4 Å². The number of aromatic amines is 1. The van der Waals surface area contributed by atoms with E-state index in [1.165, 1.54) is 17.1 Å². The standard InChI is InChI=1S/C9H13N7O3S/c1-6-7(3-10-12-6)11-9(17)5-16-4-8(13-15-16)14-20(2,18)19/h3-4,14H,5H2,1-2H3,(H,10,12)(H,11,17). The van der Waals surface area contributed by atoms with E-state index in [1.54, 1.807) is 6.92 Å². The van der Waals surface area contributed by atoms with Crippen molar-refractivity contribution in [3.05, 3.63) is 18.1 Å². The van der Waals surface area contributed by atoms with Crippen molar-refractivity contribution in [2.24, 2.45) is 0 Å². The lowest BCUT2D eigenvalue weighted by Gasteiger charge is -2.02. The van der Waals surface area contributed by atoms with Crippen molar-refractivity contribution in [2.45, 2.75) is 13.5 Å². The third-order valence-corrected chi connectivity index (χ3v) is 2.82. The van der Waals surface area contributed by atoms with Crippen molar-refractivity contribution in [1.82, 2.24) is 25.2 Å². The molecule has 0 aromatic carbocycles. The highest BCUT2D eigenvalue weighted by Crippen LogP contribution is 2.09. The van der Waals surface area contributed by atoms with Gasteiger partial charge in [0.1, 0.15) is 6.54 Å². The quantitative estimate of drug-likeness (QED) is 0.669. The highest BCUT2D eigenvalue weighted by Gasteiger charge is 2.10. The number of nitrogens with zero attached hydrogens (tertiary/aromatic N) is 4. The Labute approximate surface area is 114 Å². The summed E-state index contributed by atoms with van der Waals surface area (Å²) in [5.41, 5.74) is 1.31. The van der Waals surface area contributed by atoms with Crippen LogP contribution in [0.5, 0.6) is 0 Å². The first-order valence-corrected chi connectivity index (χ1v) is 7.40. The van der Waals surface area contributed by atoms with Crippen LogP contribution in [0.2, 0.25) is 0 Å². The lowest BCUT2D eigenvalue weighted by atomic mass is 10.4. The molecule has 108 valence electrons. The van der Waals surface area contributed by atoms with E-state index in [0.717, 1.165) is 11.9 Å². The van der Waals surface area contributed by atoms with E-state index in [-0.39, 0.29) is 18.3 Å². The van der Waals surface area contributed by atoms with E-state index < -0.39 is 10.0 Å². The number of carbonyl (C=O) groups is 1. The molecular formula is C9H13N7O3S. The third kappa shape index (κ3) is 3.78. The number of hydrogen-bond acceptors (Lipinski definition) is 6. The highest BCUT2D eigenvalue weighted by molar-refractivity contribution is 7.92. The molecule has 20 heavy (non-hydrogen) atoms. The van der Waals surface area contributed by atoms with E-state index in [1.807, 2.05) is 0 Å². The number of sulfonamides is 1. The SMILES string of the molecule is Cc1[nH]ncc1NC(=O)Cn1cc(NS(C)(=O)=O)nn1. The number of carbonyl (C=O) groups excluding carboxylic acids is 1. The zero-order valence-electron chi connectivity index (χ0n) is 10.8. The molecule has 10 nitrogen and oxygen atoms in total. The van der Waals surface area contributed by atoms with Crippen molar-refractivity contribution < 1.29 is 13.2 Å². The summed E-state index contributed by atoms with van der Waals surface area (Å²) in [5.74, 6) is -0.273. The normalized spacial score (nSPS) is 11.3. The van der Waals surface area contributed by atoms with Crippen LogP contribution in [0, 0.1) is 6.92 Å². The van der Waals surface area contributed by atoms with E-state index in [2.05, 4.69) is 30.5 Å². The van der Waals surface area contributed by atoms with Crippen LogP contribution in [-0.4, -0.2) is 45.8 Å². The molecule has 0 unspecified atom stereocenters. The summed E-state index contributed by atoms with van der Waals surface area (Å²) in [6, 6.07) is 0. The fourth-order valence-corrected chi connectivity index (χ4v) is 1.90. The average Bonchev–Trinajstić information content (AvgIpc) is 2.87. The minimum absolute atomic E-state index is 0.0554. The molecule has 2 aromatic rings. The summed E-state index contributed by atoms with van der Waals surface area (Å²) in [7, 11) is -3.42. The number of anilines is 2. The van der Waals surface area contributed by atoms with Crippen molar-refractivity contribution in [3.63, 3.8) is 0 Å². The van der Waals surface area contributed by atoms with Gasteiger partial charge in [-0.3, -0.25) is 14.6 Å². The zero-order valence-corrected chi connectivity index (χ0v) is 11.6. The molecule has 0 aliphatic rings. The number of H-pyrrole nitrogens is 1. The van der Waals surface area contributed by atoms with Gasteiger partial charge in [0.15, 0.2) is 5.82 Å². The summed E-state index contributed by atoms with van der Waals surface area (Å²) in [5, 5.41) is 16.3. The maximum absolute atomic E-state index is 11.7. The molecule has 0 atom stereocenters. The van der Waals surface area contributed by atoms with E-state index >= 15 is 0 Å². The Bertz CT molecular complexity index is 717. The van der Waals surface area contributed by atoms with Crippen molar-refractivity contribution in [2.75, 3.05) is 16.3 Å². The van der Waals surface area contributed by atoms with Gasteiger partial charge in [-0.2, -0.15) is 5.10 Å². The number of aryl methyl sites for hydroxylation is 1. The second-order valence-electron chi connectivity index (χ2n) is 4.13. The van der Waals surface area contributed by atoms with Crippen LogP contribution in [0.15, 0.2) is 12.4 Å². The molecule has 1 amide bonds. The molecule has 11 heteroatoms. The summed E-state index contributed by atoms with van der Waals surface area (Å²) < 4.78 is 25.4. The number of hydrogen-bond donors (Lipinski definition) is 3. The predicted molar refractivity (Wildman–Crippen MR) is 70.4 cm³/mol. The van der Waals surface area contributed by atoms with Crippen LogP contribution in [0.3, 0.4) is 0 Å². The maximum atomic E-state index is 11.7. The van der Waals surface area contributed by atoms with E-state index in [9.17, 15) is 13.2 Å². The molecule has 0 bridgehead atoms. The van der Waals surface area contributed by atoms with E-state index in [4.69, 9.17) is 0 Å². The van der Waals surface area contributed by atoms with Gasteiger partial charge in [-0.1, -0.05) is 5.21 Å². The molecule has 2 aromatic heterocycles. The van der Waals surface area contributed by atoms with Gasteiger partial charge in [-0.05, 0) is 6.92 Å². The molecule has 0 saturated heterocycles. The Morgan fingerprint density at radius 2 is 2.25 bits per heavy atom. The highest BCUT2D eigenvalue weighted by atomic mass is 32.2. The first kappa shape index (κ1) is 14.0. The minimum Gasteiger partial charge on any atom is -0.322 e. The molecule has 0 saturated carbocycles. The fourth-order valence-electron chi connectivity index (χ4n) is 1.43. The lowest BCUT2D eigenvalue weighted by Crippen LogP contribution is -2.19. The Balaban J connectivity index is 1.97. The number of rotatable bonds is 5. The summed E-state index contributed by atoms with van der Waals surface area (Å²) >= 11 is 0. The summed E-state index contributed by atoms with van der Waals surface area (Å²) in [4.78, 5) is 11.7. The van der Waals surface area contributed by atoms with Gasteiger partial charge in [-0.15, -0.1) is 5.10 Å². The van der Waals surface area contributed by atoms with Crippen LogP contribution in [0.1, 0.15) is 5.69 Å². The van der Waals surface area contributed by atoms with Gasteiger partial charge in [-0.25, -0.2) is 13.1 Å². The molecule has 3 N–H and O–H groups in total. The summed E-state index contributed by atoms with van der Waals surface area (Å²) in [6.45, 7) is 1.68. The molecule has 0 fully saturated rings. The Kier molecular flexibility index (Phi) is 3.70. The van der Waals surface area contributed by atoms with Gasteiger partial charge in [0.25, 0.3) is 0 Å². The Morgan fingerprint density at radius 3 is 2.85 bits per heavy atom. The molecule has 0 spiro atoms.